The van der Waals surface area contributed by atoms with E-state index >= 15 is 0 Å². The molecule has 0 saturated heterocycles. The average molecular weight is 252 g/mol. The lowest BCUT2D eigenvalue weighted by Gasteiger charge is -2.12. The molecule has 0 bridgehead atoms. The van der Waals surface area contributed by atoms with E-state index in [0.717, 1.165) is 22.0 Å². The van der Waals surface area contributed by atoms with Crippen molar-refractivity contribution < 1.29 is 10.4 Å². The zero-order valence-corrected chi connectivity index (χ0v) is 10.1. The van der Waals surface area contributed by atoms with Gasteiger partial charge in [0, 0.05) is 29.3 Å². The molecule has 0 spiro atoms. The molecule has 3 rings (SSSR count). The number of aromatic nitrogens is 1. The molecule has 1 heterocycles. The molecular formula is C15H12N2O2. The number of hydrogen-bond acceptors (Lipinski definition) is 3. The van der Waals surface area contributed by atoms with Crippen LogP contribution in [0.25, 0.3) is 22.0 Å². The summed E-state index contributed by atoms with van der Waals surface area (Å²) in [5, 5.41) is 21.0. The highest BCUT2D eigenvalue weighted by Crippen LogP contribution is 2.26. The summed E-state index contributed by atoms with van der Waals surface area (Å²) in [5.41, 5.74) is 2.07. The molecule has 1 aromatic heterocycles. The fraction of sp³-hybridized carbons (Fsp3) is 0. The SMILES string of the molecule is [O-][NH+](O)c1ccc(-c2nccc3ccccc23)cc1. The van der Waals surface area contributed by atoms with Gasteiger partial charge in [0.2, 0.25) is 0 Å². The van der Waals surface area contributed by atoms with Crippen LogP contribution in [0.5, 0.6) is 0 Å². The smallest absolute Gasteiger partial charge is 0.163 e. The summed E-state index contributed by atoms with van der Waals surface area (Å²) >= 11 is 0. The average Bonchev–Trinajstić information content (AvgIpc) is 2.47. The van der Waals surface area contributed by atoms with E-state index in [9.17, 15) is 5.21 Å². The van der Waals surface area contributed by atoms with Crippen molar-refractivity contribution in [3.8, 4) is 11.3 Å². The second-order valence-corrected chi connectivity index (χ2v) is 4.26. The Bertz CT molecular complexity index is 703. The van der Waals surface area contributed by atoms with Crippen LogP contribution in [0.3, 0.4) is 0 Å². The Morgan fingerprint density at radius 3 is 2.42 bits per heavy atom. The molecule has 0 amide bonds. The molecule has 2 aromatic carbocycles. The van der Waals surface area contributed by atoms with Gasteiger partial charge in [-0.3, -0.25) is 4.98 Å². The molecule has 19 heavy (non-hydrogen) atoms. The molecular weight excluding hydrogens is 240 g/mol. The predicted octanol–water partition coefficient (Wildman–Crippen LogP) is 2.31. The van der Waals surface area contributed by atoms with Crippen molar-refractivity contribution in [2.24, 2.45) is 0 Å². The minimum Gasteiger partial charge on any atom is -0.595 e. The van der Waals surface area contributed by atoms with Gasteiger partial charge in [-0.15, -0.1) is 0 Å². The van der Waals surface area contributed by atoms with Gasteiger partial charge in [0.25, 0.3) is 0 Å². The van der Waals surface area contributed by atoms with E-state index in [4.69, 9.17) is 5.21 Å². The summed E-state index contributed by atoms with van der Waals surface area (Å²) in [6, 6.07) is 16.7. The fourth-order valence-corrected chi connectivity index (χ4v) is 2.12. The second-order valence-electron chi connectivity index (χ2n) is 4.26. The third-order valence-electron chi connectivity index (χ3n) is 3.08. The number of nitrogens with one attached hydrogen (secondary N) is 1. The number of nitrogens with zero attached hydrogens (tertiary/aromatic N) is 1. The number of rotatable bonds is 2. The van der Waals surface area contributed by atoms with Crippen LogP contribution in [-0.4, -0.2) is 10.2 Å². The van der Waals surface area contributed by atoms with E-state index in [1.165, 1.54) is 0 Å². The summed E-state index contributed by atoms with van der Waals surface area (Å²) in [4.78, 5) is 4.40. The monoisotopic (exact) mass is 252 g/mol. The molecule has 1 unspecified atom stereocenters. The third kappa shape index (κ3) is 2.20. The molecule has 2 N–H and O–H groups in total. The van der Waals surface area contributed by atoms with Crippen LogP contribution < -0.4 is 5.23 Å². The largest absolute Gasteiger partial charge is 0.595 e. The van der Waals surface area contributed by atoms with E-state index in [1.807, 2.05) is 30.3 Å². The predicted molar refractivity (Wildman–Crippen MR) is 73.0 cm³/mol. The van der Waals surface area contributed by atoms with Crippen LogP contribution in [0, 0.1) is 5.21 Å². The maximum Gasteiger partial charge on any atom is 0.163 e. The van der Waals surface area contributed by atoms with Crippen molar-refractivity contribution in [2.75, 3.05) is 0 Å². The Morgan fingerprint density at radius 1 is 0.947 bits per heavy atom. The van der Waals surface area contributed by atoms with E-state index < -0.39 is 5.23 Å². The van der Waals surface area contributed by atoms with E-state index in [-0.39, 0.29) is 5.69 Å². The summed E-state index contributed by atoms with van der Waals surface area (Å²) in [7, 11) is 0. The van der Waals surface area contributed by atoms with Crippen LogP contribution in [0.15, 0.2) is 60.8 Å². The van der Waals surface area contributed by atoms with Crippen LogP contribution in [0.1, 0.15) is 0 Å². The maximum atomic E-state index is 10.8. The number of benzene rings is 2. The molecule has 4 nitrogen and oxygen atoms in total. The lowest BCUT2D eigenvalue weighted by atomic mass is 10.0. The van der Waals surface area contributed by atoms with Gasteiger partial charge in [-0.1, -0.05) is 24.3 Å². The van der Waals surface area contributed by atoms with Gasteiger partial charge in [-0.25, -0.2) is 5.21 Å². The van der Waals surface area contributed by atoms with E-state index in [2.05, 4.69) is 4.98 Å². The lowest BCUT2D eigenvalue weighted by molar-refractivity contribution is -0.991. The second kappa shape index (κ2) is 4.78. The molecule has 3 aromatic rings. The van der Waals surface area contributed by atoms with E-state index in [1.54, 1.807) is 30.5 Å². The van der Waals surface area contributed by atoms with Crippen LogP contribution in [-0.2, 0) is 0 Å². The summed E-state index contributed by atoms with van der Waals surface area (Å²) in [6.07, 6.45) is 1.77. The minimum absolute atomic E-state index is 0.281. The van der Waals surface area contributed by atoms with Crippen molar-refractivity contribution in [3.05, 3.63) is 66.0 Å². The van der Waals surface area contributed by atoms with Crippen LogP contribution in [0.4, 0.5) is 5.69 Å². The van der Waals surface area contributed by atoms with Crippen LogP contribution >= 0.6 is 0 Å². The van der Waals surface area contributed by atoms with Gasteiger partial charge in [-0.05, 0) is 23.6 Å². The van der Waals surface area contributed by atoms with Gasteiger partial charge in [-0.2, -0.15) is 5.23 Å². The van der Waals surface area contributed by atoms with Crippen molar-refractivity contribution in [3.63, 3.8) is 0 Å². The number of quaternary nitrogens is 1. The van der Waals surface area contributed by atoms with Gasteiger partial charge < -0.3 is 5.21 Å². The van der Waals surface area contributed by atoms with Crippen molar-refractivity contribution >= 4 is 16.5 Å². The molecule has 4 heteroatoms. The first-order valence-electron chi connectivity index (χ1n) is 5.93. The summed E-state index contributed by atoms with van der Waals surface area (Å²) in [6.45, 7) is 0. The van der Waals surface area contributed by atoms with Crippen molar-refractivity contribution in [2.45, 2.75) is 0 Å². The number of hydrogen-bond donors (Lipinski definition) is 2. The third-order valence-corrected chi connectivity index (χ3v) is 3.08. The zero-order chi connectivity index (χ0) is 13.2. The Hall–Kier alpha value is -2.27. The quantitative estimate of drug-likeness (QED) is 0.688. The molecule has 1 atom stereocenters. The van der Waals surface area contributed by atoms with Crippen LogP contribution in [0.2, 0.25) is 0 Å². The topological polar surface area (TPSA) is 60.6 Å². The standard InChI is InChI=1S/C15H12N2O2/c18-17(19)13-7-5-12(6-8-13)15-14-4-2-1-3-11(14)9-10-16-15/h1-10,17-18H. The molecule has 0 aliphatic rings. The molecule has 0 radical (unpaired) electrons. The maximum absolute atomic E-state index is 10.8. The van der Waals surface area contributed by atoms with Crippen molar-refractivity contribution in [1.82, 2.24) is 4.98 Å². The highest BCUT2D eigenvalue weighted by Gasteiger charge is 2.06. The zero-order valence-electron chi connectivity index (χ0n) is 10.1. The first kappa shape index (κ1) is 11.8. The van der Waals surface area contributed by atoms with Gasteiger partial charge in [0.05, 0.1) is 5.69 Å². The molecule has 0 fully saturated rings. The molecule has 0 saturated carbocycles. The number of pyridine rings is 1. The minimum atomic E-state index is -0.919. The highest BCUT2D eigenvalue weighted by molar-refractivity contribution is 5.94. The Morgan fingerprint density at radius 2 is 1.68 bits per heavy atom. The first-order chi connectivity index (χ1) is 9.25. The highest BCUT2D eigenvalue weighted by atomic mass is 16.8. The summed E-state index contributed by atoms with van der Waals surface area (Å²) in [5.74, 6) is 0. The molecule has 94 valence electrons. The Labute approximate surface area is 110 Å². The normalized spacial score (nSPS) is 12.5. The van der Waals surface area contributed by atoms with Gasteiger partial charge in [0.1, 0.15) is 0 Å². The summed E-state index contributed by atoms with van der Waals surface area (Å²) < 4.78 is 0. The van der Waals surface area contributed by atoms with Gasteiger partial charge in [0.15, 0.2) is 5.69 Å². The Balaban J connectivity index is 2.14. The Kier molecular flexibility index (Phi) is 2.97. The van der Waals surface area contributed by atoms with Gasteiger partial charge >= 0.3 is 0 Å². The first-order valence-corrected chi connectivity index (χ1v) is 5.93. The lowest BCUT2D eigenvalue weighted by Crippen LogP contribution is -2.99. The molecule has 0 aliphatic carbocycles. The van der Waals surface area contributed by atoms with Crippen molar-refractivity contribution in [1.29, 1.82) is 0 Å². The molecule has 0 aliphatic heterocycles. The fourth-order valence-electron chi connectivity index (χ4n) is 2.12. The number of fused-ring (bicyclic) bond motifs is 1. The van der Waals surface area contributed by atoms with E-state index in [0.29, 0.717) is 0 Å².